The average Bonchev–Trinajstić information content (AvgIpc) is 2.37. The van der Waals surface area contributed by atoms with E-state index in [-0.39, 0.29) is 18.0 Å². The number of anilines is 1. The maximum atomic E-state index is 11.9. The van der Waals surface area contributed by atoms with Crippen molar-refractivity contribution in [1.82, 2.24) is 10.6 Å². The van der Waals surface area contributed by atoms with Gasteiger partial charge in [-0.1, -0.05) is 12.1 Å². The summed E-state index contributed by atoms with van der Waals surface area (Å²) in [6.07, 6.45) is 0. The molecule has 0 aliphatic heterocycles. The van der Waals surface area contributed by atoms with Gasteiger partial charge in [-0.05, 0) is 44.9 Å². The van der Waals surface area contributed by atoms with Gasteiger partial charge < -0.3 is 15.5 Å². The second-order valence-electron chi connectivity index (χ2n) is 5.44. The number of amides is 3. The number of hydrogen-bond donors (Lipinski definition) is 2. The molecule has 2 N–H and O–H groups in total. The molecule has 1 rings (SSSR count). The van der Waals surface area contributed by atoms with E-state index in [4.69, 9.17) is 0 Å². The molecule has 3 amide bonds. The van der Waals surface area contributed by atoms with Crippen molar-refractivity contribution in [3.05, 3.63) is 29.3 Å². The van der Waals surface area contributed by atoms with E-state index in [1.807, 2.05) is 45.9 Å². The molecule has 0 saturated heterocycles. The normalized spacial score (nSPS) is 10.4. The van der Waals surface area contributed by atoms with Gasteiger partial charge in [-0.3, -0.25) is 4.79 Å². The summed E-state index contributed by atoms with van der Waals surface area (Å²) in [6, 6.07) is 5.76. The highest BCUT2D eigenvalue weighted by molar-refractivity contribution is 5.92. The summed E-state index contributed by atoms with van der Waals surface area (Å²) in [5.74, 6) is -0.0326. The summed E-state index contributed by atoms with van der Waals surface area (Å²) in [7, 11) is 0. The lowest BCUT2D eigenvalue weighted by atomic mass is 10.1. The number of benzene rings is 1. The fourth-order valence-corrected chi connectivity index (χ4v) is 2.07. The van der Waals surface area contributed by atoms with Gasteiger partial charge in [0.15, 0.2) is 0 Å². The first-order valence-corrected chi connectivity index (χ1v) is 7.21. The van der Waals surface area contributed by atoms with Crippen LogP contribution in [0.3, 0.4) is 0 Å². The van der Waals surface area contributed by atoms with Crippen molar-refractivity contribution in [2.45, 2.75) is 40.7 Å². The van der Waals surface area contributed by atoms with Gasteiger partial charge >= 0.3 is 6.03 Å². The minimum atomic E-state index is -0.213. The van der Waals surface area contributed by atoms with Crippen LogP contribution in [0.15, 0.2) is 18.2 Å². The van der Waals surface area contributed by atoms with Gasteiger partial charge in [0.05, 0.1) is 0 Å². The Hall–Kier alpha value is -2.04. The SMILES string of the molecule is CC(=O)N(CCNC(=O)NC(C)C)c1cccc(C)c1C. The fourth-order valence-electron chi connectivity index (χ4n) is 2.07. The summed E-state index contributed by atoms with van der Waals surface area (Å²) in [6.45, 7) is 10.2. The Morgan fingerprint density at radius 1 is 1.24 bits per heavy atom. The molecule has 0 heterocycles. The molecule has 0 aliphatic carbocycles. The number of carbonyl (C=O) groups excluding carboxylic acids is 2. The van der Waals surface area contributed by atoms with Crippen LogP contribution in [0.4, 0.5) is 10.5 Å². The van der Waals surface area contributed by atoms with Gasteiger partial charge in [-0.2, -0.15) is 0 Å². The molecule has 21 heavy (non-hydrogen) atoms. The van der Waals surface area contributed by atoms with Crippen LogP contribution < -0.4 is 15.5 Å². The average molecular weight is 291 g/mol. The van der Waals surface area contributed by atoms with Crippen molar-refractivity contribution in [1.29, 1.82) is 0 Å². The Labute approximate surface area is 126 Å². The summed E-state index contributed by atoms with van der Waals surface area (Å²) in [4.78, 5) is 25.1. The number of nitrogens with one attached hydrogen (secondary N) is 2. The number of nitrogens with zero attached hydrogens (tertiary/aromatic N) is 1. The predicted octanol–water partition coefficient (Wildman–Crippen LogP) is 2.36. The van der Waals surface area contributed by atoms with Gasteiger partial charge in [-0.15, -0.1) is 0 Å². The van der Waals surface area contributed by atoms with E-state index in [2.05, 4.69) is 10.6 Å². The quantitative estimate of drug-likeness (QED) is 0.875. The molecule has 116 valence electrons. The third kappa shape index (κ3) is 5.10. The molecule has 0 aliphatic rings. The second-order valence-corrected chi connectivity index (χ2v) is 5.44. The van der Waals surface area contributed by atoms with Crippen LogP contribution in [0.25, 0.3) is 0 Å². The molecule has 5 heteroatoms. The number of carbonyl (C=O) groups is 2. The first-order chi connectivity index (χ1) is 9.82. The molecule has 0 spiro atoms. The zero-order valence-electron chi connectivity index (χ0n) is 13.5. The number of urea groups is 1. The second kappa shape index (κ2) is 7.67. The summed E-state index contributed by atoms with van der Waals surface area (Å²) >= 11 is 0. The van der Waals surface area contributed by atoms with E-state index in [9.17, 15) is 9.59 Å². The molecule has 1 aromatic carbocycles. The first kappa shape index (κ1) is 17.0. The minimum Gasteiger partial charge on any atom is -0.336 e. The Kier molecular flexibility index (Phi) is 6.21. The van der Waals surface area contributed by atoms with Crippen LogP contribution in [-0.4, -0.2) is 31.1 Å². The van der Waals surface area contributed by atoms with Crippen LogP contribution in [-0.2, 0) is 4.79 Å². The van der Waals surface area contributed by atoms with Crippen LogP contribution in [0.5, 0.6) is 0 Å². The maximum absolute atomic E-state index is 11.9. The smallest absolute Gasteiger partial charge is 0.315 e. The molecule has 0 unspecified atom stereocenters. The van der Waals surface area contributed by atoms with E-state index >= 15 is 0 Å². The first-order valence-electron chi connectivity index (χ1n) is 7.21. The van der Waals surface area contributed by atoms with Crippen molar-refractivity contribution in [2.24, 2.45) is 0 Å². The van der Waals surface area contributed by atoms with Crippen molar-refractivity contribution in [3.8, 4) is 0 Å². The van der Waals surface area contributed by atoms with Gasteiger partial charge in [-0.25, -0.2) is 4.79 Å². The van der Waals surface area contributed by atoms with Gasteiger partial charge in [0.2, 0.25) is 5.91 Å². The van der Waals surface area contributed by atoms with Gasteiger partial charge in [0.25, 0.3) is 0 Å². The monoisotopic (exact) mass is 291 g/mol. The predicted molar refractivity (Wildman–Crippen MR) is 85.6 cm³/mol. The van der Waals surface area contributed by atoms with Crippen LogP contribution in [0.1, 0.15) is 31.9 Å². The highest BCUT2D eigenvalue weighted by Crippen LogP contribution is 2.22. The molecule has 0 fully saturated rings. The van der Waals surface area contributed by atoms with E-state index < -0.39 is 0 Å². The lowest BCUT2D eigenvalue weighted by Gasteiger charge is -2.24. The van der Waals surface area contributed by atoms with Crippen LogP contribution >= 0.6 is 0 Å². The minimum absolute atomic E-state index is 0.0326. The molecular formula is C16H25N3O2. The number of rotatable bonds is 5. The van der Waals surface area contributed by atoms with Crippen molar-refractivity contribution in [2.75, 3.05) is 18.0 Å². The lowest BCUT2D eigenvalue weighted by molar-refractivity contribution is -0.116. The lowest BCUT2D eigenvalue weighted by Crippen LogP contribution is -2.43. The highest BCUT2D eigenvalue weighted by Gasteiger charge is 2.14. The summed E-state index contributed by atoms with van der Waals surface area (Å²) < 4.78 is 0. The maximum Gasteiger partial charge on any atom is 0.315 e. The Balaban J connectivity index is 2.69. The molecule has 5 nitrogen and oxygen atoms in total. The van der Waals surface area contributed by atoms with Gasteiger partial charge in [0.1, 0.15) is 0 Å². The third-order valence-electron chi connectivity index (χ3n) is 3.29. The van der Waals surface area contributed by atoms with Crippen molar-refractivity contribution in [3.63, 3.8) is 0 Å². The van der Waals surface area contributed by atoms with Crippen molar-refractivity contribution < 1.29 is 9.59 Å². The highest BCUT2D eigenvalue weighted by atomic mass is 16.2. The molecule has 0 bridgehead atoms. The molecule has 0 atom stereocenters. The zero-order valence-corrected chi connectivity index (χ0v) is 13.5. The fraction of sp³-hybridized carbons (Fsp3) is 0.500. The molecule has 0 saturated carbocycles. The van der Waals surface area contributed by atoms with E-state index in [0.717, 1.165) is 16.8 Å². The molecule has 0 radical (unpaired) electrons. The third-order valence-corrected chi connectivity index (χ3v) is 3.29. The van der Waals surface area contributed by atoms with E-state index in [0.29, 0.717) is 13.1 Å². The Morgan fingerprint density at radius 3 is 2.48 bits per heavy atom. The summed E-state index contributed by atoms with van der Waals surface area (Å²) in [5.41, 5.74) is 3.12. The number of hydrogen-bond acceptors (Lipinski definition) is 2. The molecular weight excluding hydrogens is 266 g/mol. The summed E-state index contributed by atoms with van der Waals surface area (Å²) in [5, 5.41) is 5.51. The van der Waals surface area contributed by atoms with E-state index in [1.165, 1.54) is 6.92 Å². The van der Waals surface area contributed by atoms with Crippen LogP contribution in [0.2, 0.25) is 0 Å². The molecule has 0 aromatic heterocycles. The van der Waals surface area contributed by atoms with Crippen molar-refractivity contribution >= 4 is 17.6 Å². The Bertz CT molecular complexity index is 512. The standard InChI is InChI=1S/C16H25N3O2/c1-11(2)18-16(21)17-9-10-19(14(5)20)15-8-6-7-12(3)13(15)4/h6-8,11H,9-10H2,1-5H3,(H2,17,18,21). The zero-order chi connectivity index (χ0) is 16.0. The van der Waals surface area contributed by atoms with E-state index in [1.54, 1.807) is 4.90 Å². The van der Waals surface area contributed by atoms with Crippen LogP contribution in [0, 0.1) is 13.8 Å². The topological polar surface area (TPSA) is 61.4 Å². The Morgan fingerprint density at radius 2 is 1.90 bits per heavy atom. The van der Waals surface area contributed by atoms with Gasteiger partial charge in [0, 0.05) is 31.7 Å². The molecule has 1 aromatic rings. The number of aryl methyl sites for hydroxylation is 1. The largest absolute Gasteiger partial charge is 0.336 e.